The minimum absolute atomic E-state index is 0.0360. The third kappa shape index (κ3) is 6.47. The number of carbonyl (C=O) groups excluding carboxylic acids is 2. The number of sulfone groups is 1. The fraction of sp³-hybridized carbons (Fsp3) is 0.529. The van der Waals surface area contributed by atoms with Crippen molar-refractivity contribution in [2.45, 2.75) is 39.4 Å². The number of benzene rings is 1. The maximum absolute atomic E-state index is 12.0. The van der Waals surface area contributed by atoms with Crippen LogP contribution in [0.25, 0.3) is 0 Å². The Morgan fingerprint density at radius 3 is 2.44 bits per heavy atom. The molecule has 0 unspecified atom stereocenters. The molecule has 0 aromatic heterocycles. The topological polar surface area (TPSA) is 102 Å². The van der Waals surface area contributed by atoms with Gasteiger partial charge in [-0.1, -0.05) is 12.1 Å². The lowest BCUT2D eigenvalue weighted by atomic mass is 10.1. The molecule has 1 aliphatic heterocycles. The van der Waals surface area contributed by atoms with Gasteiger partial charge in [-0.3, -0.25) is 20.4 Å². The van der Waals surface area contributed by atoms with Gasteiger partial charge in [-0.2, -0.15) is 0 Å². The van der Waals surface area contributed by atoms with Gasteiger partial charge in [-0.15, -0.1) is 0 Å². The Hall–Kier alpha value is -1.93. The van der Waals surface area contributed by atoms with Crippen LogP contribution in [0.2, 0.25) is 0 Å². The van der Waals surface area contributed by atoms with Crippen molar-refractivity contribution in [3.63, 3.8) is 0 Å². The molecule has 0 spiro atoms. The number of ether oxygens (including phenoxy) is 1. The van der Waals surface area contributed by atoms with Gasteiger partial charge in [-0.25, -0.2) is 8.42 Å². The Morgan fingerprint density at radius 2 is 1.88 bits per heavy atom. The van der Waals surface area contributed by atoms with Crippen molar-refractivity contribution >= 4 is 21.7 Å². The number of nitrogens with one attached hydrogen (secondary N) is 2. The Balaban J connectivity index is 1.77. The van der Waals surface area contributed by atoms with Gasteiger partial charge >= 0.3 is 0 Å². The third-order valence-electron chi connectivity index (χ3n) is 3.92. The summed E-state index contributed by atoms with van der Waals surface area (Å²) in [4.78, 5) is 23.8. The minimum Gasteiger partial charge on any atom is -0.374 e. The first kappa shape index (κ1) is 19.4. The van der Waals surface area contributed by atoms with E-state index in [0.29, 0.717) is 18.6 Å². The third-order valence-corrected chi connectivity index (χ3v) is 5.75. The van der Waals surface area contributed by atoms with Gasteiger partial charge in [0.05, 0.1) is 24.2 Å². The van der Waals surface area contributed by atoms with Gasteiger partial charge in [0.15, 0.2) is 9.84 Å². The van der Waals surface area contributed by atoms with Crippen molar-refractivity contribution < 1.29 is 22.7 Å². The highest BCUT2D eigenvalue weighted by Gasteiger charge is 2.29. The molecule has 138 valence electrons. The number of amides is 2. The van der Waals surface area contributed by atoms with E-state index in [0.717, 1.165) is 5.56 Å². The number of hydrazine groups is 1. The fourth-order valence-corrected chi connectivity index (χ4v) is 4.42. The summed E-state index contributed by atoms with van der Waals surface area (Å²) in [5, 5.41) is 0. The van der Waals surface area contributed by atoms with Crippen molar-refractivity contribution in [3.8, 4) is 0 Å². The molecule has 1 fully saturated rings. The molecule has 2 rings (SSSR count). The molecule has 2 amide bonds. The van der Waals surface area contributed by atoms with Crippen molar-refractivity contribution in [2.24, 2.45) is 5.92 Å². The van der Waals surface area contributed by atoms with Crippen LogP contribution in [0.3, 0.4) is 0 Å². The number of rotatable bonds is 6. The van der Waals surface area contributed by atoms with Crippen LogP contribution in [-0.2, 0) is 26.0 Å². The summed E-state index contributed by atoms with van der Waals surface area (Å²) in [5.41, 5.74) is 6.05. The Bertz CT molecular complexity index is 713. The van der Waals surface area contributed by atoms with Gasteiger partial charge in [0, 0.05) is 12.0 Å². The van der Waals surface area contributed by atoms with Crippen LogP contribution in [0.1, 0.15) is 42.6 Å². The van der Waals surface area contributed by atoms with E-state index in [4.69, 9.17) is 4.74 Å². The van der Waals surface area contributed by atoms with Crippen LogP contribution < -0.4 is 10.9 Å². The molecule has 1 heterocycles. The average molecular weight is 368 g/mol. The van der Waals surface area contributed by atoms with Gasteiger partial charge in [-0.05, 0) is 43.9 Å². The molecule has 0 saturated carbocycles. The first-order valence-electron chi connectivity index (χ1n) is 8.25. The van der Waals surface area contributed by atoms with Crippen LogP contribution >= 0.6 is 0 Å². The molecule has 0 radical (unpaired) electrons. The smallest absolute Gasteiger partial charge is 0.269 e. The van der Waals surface area contributed by atoms with E-state index in [-0.39, 0.29) is 29.9 Å². The normalized spacial score (nSPS) is 18.9. The van der Waals surface area contributed by atoms with E-state index in [2.05, 4.69) is 10.9 Å². The number of hydrogen-bond donors (Lipinski definition) is 2. The van der Waals surface area contributed by atoms with Gasteiger partial charge in [0.25, 0.3) is 5.91 Å². The molecule has 1 aliphatic rings. The zero-order valence-corrected chi connectivity index (χ0v) is 15.3. The van der Waals surface area contributed by atoms with Crippen LogP contribution in [0.5, 0.6) is 0 Å². The highest BCUT2D eigenvalue weighted by Crippen LogP contribution is 2.21. The van der Waals surface area contributed by atoms with E-state index in [1.165, 1.54) is 0 Å². The number of hydrogen-bond acceptors (Lipinski definition) is 5. The molecule has 0 aliphatic carbocycles. The van der Waals surface area contributed by atoms with Crippen molar-refractivity contribution in [1.82, 2.24) is 10.9 Å². The predicted molar refractivity (Wildman–Crippen MR) is 93.4 cm³/mol. The molecule has 1 aromatic carbocycles. The molecular weight excluding hydrogens is 344 g/mol. The molecule has 7 nitrogen and oxygen atoms in total. The van der Waals surface area contributed by atoms with Crippen LogP contribution in [-0.4, -0.2) is 37.8 Å². The van der Waals surface area contributed by atoms with Gasteiger partial charge in [0.2, 0.25) is 5.91 Å². The van der Waals surface area contributed by atoms with Crippen molar-refractivity contribution in [1.29, 1.82) is 0 Å². The summed E-state index contributed by atoms with van der Waals surface area (Å²) < 4.78 is 28.2. The SMILES string of the molecule is CC(C)OCc1ccc(C(=O)NNC(=O)C[C@@H]2CCS(=O)(=O)C2)cc1. The molecule has 1 saturated heterocycles. The zero-order valence-electron chi connectivity index (χ0n) is 14.4. The lowest BCUT2D eigenvalue weighted by Gasteiger charge is -2.11. The molecule has 1 aromatic rings. The second kappa shape index (κ2) is 8.44. The molecule has 8 heteroatoms. The summed E-state index contributed by atoms with van der Waals surface area (Å²) >= 11 is 0. The monoisotopic (exact) mass is 368 g/mol. The molecule has 1 atom stereocenters. The summed E-state index contributed by atoms with van der Waals surface area (Å²) in [6, 6.07) is 6.90. The van der Waals surface area contributed by atoms with Crippen molar-refractivity contribution in [3.05, 3.63) is 35.4 Å². The van der Waals surface area contributed by atoms with Crippen molar-refractivity contribution in [2.75, 3.05) is 11.5 Å². The lowest BCUT2D eigenvalue weighted by Crippen LogP contribution is -2.42. The van der Waals surface area contributed by atoms with Gasteiger partial charge in [0.1, 0.15) is 0 Å². The highest BCUT2D eigenvalue weighted by molar-refractivity contribution is 7.91. The molecule has 0 bridgehead atoms. The summed E-state index contributed by atoms with van der Waals surface area (Å²) in [5.74, 6) is -0.832. The van der Waals surface area contributed by atoms with E-state index >= 15 is 0 Å². The number of carbonyl (C=O) groups is 2. The summed E-state index contributed by atoms with van der Waals surface area (Å²) in [6.45, 7) is 4.37. The zero-order chi connectivity index (χ0) is 18.4. The maximum atomic E-state index is 12.0. The van der Waals surface area contributed by atoms with Crippen LogP contribution in [0, 0.1) is 5.92 Å². The Kier molecular flexibility index (Phi) is 6.55. The summed E-state index contributed by atoms with van der Waals surface area (Å²) in [7, 11) is -3.01. The highest BCUT2D eigenvalue weighted by atomic mass is 32.2. The predicted octanol–water partition coefficient (Wildman–Crippen LogP) is 1.20. The molecular formula is C17H24N2O5S. The van der Waals surface area contributed by atoms with Gasteiger partial charge < -0.3 is 4.74 Å². The van der Waals surface area contributed by atoms with E-state index in [1.54, 1.807) is 24.3 Å². The molecule has 25 heavy (non-hydrogen) atoms. The van der Waals surface area contributed by atoms with Crippen LogP contribution in [0.4, 0.5) is 0 Å². The Labute approximate surface area is 148 Å². The van der Waals surface area contributed by atoms with Crippen LogP contribution in [0.15, 0.2) is 24.3 Å². The first-order chi connectivity index (χ1) is 11.7. The average Bonchev–Trinajstić information content (AvgIpc) is 2.89. The maximum Gasteiger partial charge on any atom is 0.269 e. The standard InChI is InChI=1S/C17H24N2O5S/c1-12(2)24-10-13-3-5-15(6-4-13)17(21)19-18-16(20)9-14-7-8-25(22,23)11-14/h3-6,12,14H,7-11H2,1-2H3,(H,18,20)(H,19,21)/t14-/m0/s1. The van der Waals surface area contributed by atoms with E-state index in [9.17, 15) is 18.0 Å². The minimum atomic E-state index is -3.01. The second-order valence-corrected chi connectivity index (χ2v) is 8.76. The fourth-order valence-electron chi connectivity index (χ4n) is 2.56. The summed E-state index contributed by atoms with van der Waals surface area (Å²) in [6.07, 6.45) is 0.710. The first-order valence-corrected chi connectivity index (χ1v) is 10.1. The van der Waals surface area contributed by atoms with E-state index in [1.807, 2.05) is 13.8 Å². The largest absolute Gasteiger partial charge is 0.374 e. The van der Waals surface area contributed by atoms with E-state index < -0.39 is 21.7 Å². The lowest BCUT2D eigenvalue weighted by molar-refractivity contribution is -0.122. The quantitative estimate of drug-likeness (QED) is 0.735. The molecule has 2 N–H and O–H groups in total. The second-order valence-electron chi connectivity index (χ2n) is 6.53. The Morgan fingerprint density at radius 1 is 1.20 bits per heavy atom.